The highest BCUT2D eigenvalue weighted by atomic mass is 16.2. The monoisotopic (exact) mass is 286 g/mol. The topological polar surface area (TPSA) is 68.8 Å². The molecule has 2 aromatic rings. The van der Waals surface area contributed by atoms with Gasteiger partial charge in [0, 0.05) is 19.5 Å². The number of aryl methyl sites for hydroxylation is 2. The van der Waals surface area contributed by atoms with E-state index in [2.05, 4.69) is 15.2 Å². The van der Waals surface area contributed by atoms with Gasteiger partial charge in [-0.25, -0.2) is 9.67 Å². The van der Waals surface area contributed by atoms with Crippen LogP contribution in [0.15, 0.2) is 6.07 Å². The minimum Gasteiger partial charge on any atom is -0.328 e. The summed E-state index contributed by atoms with van der Waals surface area (Å²) in [7, 11) is 1.84. The van der Waals surface area contributed by atoms with Crippen molar-refractivity contribution in [3.8, 4) is 0 Å². The number of carbonyl (C=O) groups excluding carboxylic acids is 1. The SMILES string of the molecule is Cc1nc2n(n1)CCN(C(=O)c1cc(C3CC3)nn1C)C2. The molecule has 2 aliphatic rings. The summed E-state index contributed by atoms with van der Waals surface area (Å²) in [4.78, 5) is 18.9. The first-order valence-electron chi connectivity index (χ1n) is 7.35. The Kier molecular flexibility index (Phi) is 2.63. The average molecular weight is 286 g/mol. The fraction of sp³-hybridized carbons (Fsp3) is 0.571. The second-order valence-corrected chi connectivity index (χ2v) is 5.88. The molecule has 1 amide bonds. The number of fused-ring (bicyclic) bond motifs is 1. The lowest BCUT2D eigenvalue weighted by atomic mass is 10.2. The zero-order chi connectivity index (χ0) is 14.6. The molecule has 4 rings (SSSR count). The van der Waals surface area contributed by atoms with Crippen LogP contribution in [0.3, 0.4) is 0 Å². The summed E-state index contributed by atoms with van der Waals surface area (Å²) in [5.41, 5.74) is 1.72. The molecule has 0 saturated heterocycles. The van der Waals surface area contributed by atoms with Crippen LogP contribution in [0.2, 0.25) is 0 Å². The highest BCUT2D eigenvalue weighted by Crippen LogP contribution is 2.39. The van der Waals surface area contributed by atoms with Gasteiger partial charge < -0.3 is 4.90 Å². The quantitative estimate of drug-likeness (QED) is 0.821. The lowest BCUT2D eigenvalue weighted by molar-refractivity contribution is 0.0691. The van der Waals surface area contributed by atoms with E-state index < -0.39 is 0 Å². The molecule has 7 heteroatoms. The van der Waals surface area contributed by atoms with Crippen molar-refractivity contribution in [1.82, 2.24) is 29.4 Å². The Bertz CT molecular complexity index is 711. The molecule has 0 spiro atoms. The van der Waals surface area contributed by atoms with Gasteiger partial charge in [-0.05, 0) is 25.8 Å². The van der Waals surface area contributed by atoms with E-state index in [9.17, 15) is 4.79 Å². The first-order chi connectivity index (χ1) is 10.1. The van der Waals surface area contributed by atoms with Crippen LogP contribution in [-0.4, -0.2) is 41.9 Å². The lowest BCUT2D eigenvalue weighted by Gasteiger charge is -2.26. The van der Waals surface area contributed by atoms with Crippen LogP contribution in [0.25, 0.3) is 0 Å². The van der Waals surface area contributed by atoms with E-state index in [1.807, 2.05) is 29.6 Å². The smallest absolute Gasteiger partial charge is 0.272 e. The second-order valence-electron chi connectivity index (χ2n) is 5.88. The first kappa shape index (κ1) is 12.6. The number of hydrogen-bond donors (Lipinski definition) is 0. The normalized spacial score (nSPS) is 17.9. The third-order valence-electron chi connectivity index (χ3n) is 4.17. The molecular formula is C14H18N6O. The minimum absolute atomic E-state index is 0.0313. The number of carbonyl (C=O) groups is 1. The van der Waals surface area contributed by atoms with Crippen LogP contribution in [0.5, 0.6) is 0 Å². The fourth-order valence-electron chi connectivity index (χ4n) is 2.86. The second kappa shape index (κ2) is 4.41. The number of amides is 1. The van der Waals surface area contributed by atoms with Crippen LogP contribution in [0.4, 0.5) is 0 Å². The van der Waals surface area contributed by atoms with E-state index in [4.69, 9.17) is 0 Å². The third kappa shape index (κ3) is 2.12. The third-order valence-corrected chi connectivity index (χ3v) is 4.17. The molecule has 1 saturated carbocycles. The maximum atomic E-state index is 12.7. The number of rotatable bonds is 2. The van der Waals surface area contributed by atoms with Gasteiger partial charge in [0.1, 0.15) is 17.3 Å². The van der Waals surface area contributed by atoms with E-state index >= 15 is 0 Å². The molecule has 7 nitrogen and oxygen atoms in total. The van der Waals surface area contributed by atoms with Gasteiger partial charge in [0.2, 0.25) is 0 Å². The Morgan fingerprint density at radius 3 is 2.86 bits per heavy atom. The number of aromatic nitrogens is 5. The summed E-state index contributed by atoms with van der Waals surface area (Å²) in [5, 5.41) is 8.79. The Hall–Kier alpha value is -2.18. The van der Waals surface area contributed by atoms with Crippen molar-refractivity contribution in [3.05, 3.63) is 29.1 Å². The van der Waals surface area contributed by atoms with Gasteiger partial charge in [0.15, 0.2) is 0 Å². The molecule has 21 heavy (non-hydrogen) atoms. The van der Waals surface area contributed by atoms with Crippen LogP contribution in [-0.2, 0) is 20.1 Å². The summed E-state index contributed by atoms with van der Waals surface area (Å²) >= 11 is 0. The highest BCUT2D eigenvalue weighted by Gasteiger charge is 2.30. The van der Waals surface area contributed by atoms with E-state index in [0.29, 0.717) is 31.2 Å². The number of hydrogen-bond acceptors (Lipinski definition) is 4. The molecule has 0 aromatic carbocycles. The molecule has 0 bridgehead atoms. The van der Waals surface area contributed by atoms with Gasteiger partial charge in [-0.2, -0.15) is 10.2 Å². The zero-order valence-corrected chi connectivity index (χ0v) is 12.3. The Morgan fingerprint density at radius 1 is 1.29 bits per heavy atom. The van der Waals surface area contributed by atoms with Crippen molar-refractivity contribution in [2.75, 3.05) is 6.54 Å². The van der Waals surface area contributed by atoms with Crippen molar-refractivity contribution >= 4 is 5.91 Å². The number of nitrogens with zero attached hydrogens (tertiary/aromatic N) is 6. The van der Waals surface area contributed by atoms with E-state index in [1.54, 1.807) is 4.68 Å². The van der Waals surface area contributed by atoms with Crippen molar-refractivity contribution in [1.29, 1.82) is 0 Å². The molecule has 0 radical (unpaired) electrons. The van der Waals surface area contributed by atoms with Crippen LogP contribution in [0, 0.1) is 6.92 Å². The Morgan fingerprint density at radius 2 is 2.10 bits per heavy atom. The summed E-state index contributed by atoms with van der Waals surface area (Å²) in [6, 6.07) is 1.95. The van der Waals surface area contributed by atoms with Gasteiger partial charge in [-0.3, -0.25) is 9.48 Å². The van der Waals surface area contributed by atoms with Gasteiger partial charge >= 0.3 is 0 Å². The maximum Gasteiger partial charge on any atom is 0.272 e. The lowest BCUT2D eigenvalue weighted by Crippen LogP contribution is -2.39. The summed E-state index contributed by atoms with van der Waals surface area (Å²) in [5.74, 6) is 2.21. The Balaban J connectivity index is 1.58. The average Bonchev–Trinajstić information content (AvgIpc) is 3.13. The predicted octanol–water partition coefficient (Wildman–Crippen LogP) is 0.853. The van der Waals surface area contributed by atoms with Crippen LogP contribution in [0.1, 0.15) is 46.6 Å². The van der Waals surface area contributed by atoms with E-state index in [-0.39, 0.29) is 5.91 Å². The van der Waals surface area contributed by atoms with Gasteiger partial charge in [-0.15, -0.1) is 0 Å². The molecule has 1 aliphatic heterocycles. The van der Waals surface area contributed by atoms with Crippen molar-refractivity contribution < 1.29 is 4.79 Å². The Labute approximate surface area is 122 Å². The molecule has 3 heterocycles. The molecule has 1 aliphatic carbocycles. The summed E-state index contributed by atoms with van der Waals surface area (Å²) < 4.78 is 3.60. The van der Waals surface area contributed by atoms with Gasteiger partial charge in [0.25, 0.3) is 5.91 Å². The molecule has 0 N–H and O–H groups in total. The van der Waals surface area contributed by atoms with Crippen LogP contribution < -0.4 is 0 Å². The summed E-state index contributed by atoms with van der Waals surface area (Å²) in [6.45, 7) is 3.76. The first-order valence-corrected chi connectivity index (χ1v) is 7.35. The largest absolute Gasteiger partial charge is 0.328 e. The molecule has 110 valence electrons. The molecule has 2 aromatic heterocycles. The molecular weight excluding hydrogens is 268 g/mol. The fourth-order valence-corrected chi connectivity index (χ4v) is 2.86. The van der Waals surface area contributed by atoms with Gasteiger partial charge in [0.05, 0.1) is 18.8 Å². The highest BCUT2D eigenvalue weighted by molar-refractivity contribution is 5.92. The van der Waals surface area contributed by atoms with Crippen molar-refractivity contribution in [2.45, 2.75) is 38.8 Å². The summed E-state index contributed by atoms with van der Waals surface area (Å²) in [6.07, 6.45) is 2.38. The molecule has 0 unspecified atom stereocenters. The predicted molar refractivity (Wildman–Crippen MR) is 74.7 cm³/mol. The maximum absolute atomic E-state index is 12.7. The van der Waals surface area contributed by atoms with Gasteiger partial charge in [-0.1, -0.05) is 0 Å². The molecule has 0 atom stereocenters. The molecule has 1 fully saturated rings. The van der Waals surface area contributed by atoms with E-state index in [0.717, 1.165) is 17.3 Å². The van der Waals surface area contributed by atoms with Crippen molar-refractivity contribution in [2.24, 2.45) is 7.05 Å². The minimum atomic E-state index is 0.0313. The van der Waals surface area contributed by atoms with Crippen molar-refractivity contribution in [3.63, 3.8) is 0 Å². The van der Waals surface area contributed by atoms with Crippen LogP contribution >= 0.6 is 0 Å². The standard InChI is InChI=1S/C14H18N6O/c1-9-15-13-8-19(5-6-20(13)16-9)14(21)12-7-11(10-3-4-10)17-18(12)2/h7,10H,3-6,8H2,1-2H3. The van der Waals surface area contributed by atoms with E-state index in [1.165, 1.54) is 12.8 Å². The zero-order valence-electron chi connectivity index (χ0n) is 12.3.